The average molecular weight is 264 g/mol. The van der Waals surface area contributed by atoms with Crippen LogP contribution in [0.15, 0.2) is 23.3 Å². The van der Waals surface area contributed by atoms with Crippen molar-refractivity contribution in [3.63, 3.8) is 0 Å². The fourth-order valence-corrected chi connectivity index (χ4v) is 3.38. The zero-order valence-corrected chi connectivity index (χ0v) is 11.0. The van der Waals surface area contributed by atoms with Gasteiger partial charge in [-0.25, -0.2) is 9.97 Å². The van der Waals surface area contributed by atoms with Gasteiger partial charge in [-0.15, -0.1) is 22.7 Å². The van der Waals surface area contributed by atoms with Crippen molar-refractivity contribution in [2.24, 2.45) is 5.73 Å². The summed E-state index contributed by atoms with van der Waals surface area (Å²) in [6.07, 6.45) is 4.82. The fourth-order valence-electron chi connectivity index (χ4n) is 1.86. The smallest absolute Gasteiger partial charge is 0.193 e. The molecule has 0 radical (unpaired) electrons. The number of aryl methyl sites for hydroxylation is 1. The van der Waals surface area contributed by atoms with E-state index in [1.165, 1.54) is 0 Å². The van der Waals surface area contributed by atoms with Gasteiger partial charge in [0.1, 0.15) is 0 Å². The van der Waals surface area contributed by atoms with Crippen molar-refractivity contribution in [3.8, 4) is 0 Å². The van der Waals surface area contributed by atoms with E-state index in [0.717, 1.165) is 27.6 Å². The quantitative estimate of drug-likeness (QED) is 0.790. The number of nitrogens with zero attached hydrogens (tertiary/aromatic N) is 3. The average Bonchev–Trinajstić information content (AvgIpc) is 2.92. The molecular formula is C11H12N4S2. The lowest BCUT2D eigenvalue weighted by Crippen LogP contribution is -2.13. The SMILES string of the molecule is Cc1ncsc1C(N)Cc1cn2ccsc2n1. The molecule has 4 nitrogen and oxygen atoms in total. The molecule has 6 heteroatoms. The predicted molar refractivity (Wildman–Crippen MR) is 70.6 cm³/mol. The van der Waals surface area contributed by atoms with E-state index in [-0.39, 0.29) is 6.04 Å². The molecule has 0 bridgehead atoms. The highest BCUT2D eigenvalue weighted by Crippen LogP contribution is 2.23. The highest BCUT2D eigenvalue weighted by molar-refractivity contribution is 7.15. The van der Waals surface area contributed by atoms with Crippen molar-refractivity contribution in [3.05, 3.63) is 39.5 Å². The van der Waals surface area contributed by atoms with E-state index in [2.05, 4.69) is 9.97 Å². The molecule has 0 aliphatic carbocycles. The summed E-state index contributed by atoms with van der Waals surface area (Å²) in [5, 5.41) is 2.03. The van der Waals surface area contributed by atoms with Crippen LogP contribution in [-0.2, 0) is 6.42 Å². The highest BCUT2D eigenvalue weighted by atomic mass is 32.1. The van der Waals surface area contributed by atoms with Crippen LogP contribution in [0.25, 0.3) is 4.96 Å². The molecule has 88 valence electrons. The maximum atomic E-state index is 6.19. The van der Waals surface area contributed by atoms with Gasteiger partial charge in [-0.1, -0.05) is 0 Å². The van der Waals surface area contributed by atoms with Crippen LogP contribution in [0.5, 0.6) is 0 Å². The first-order valence-corrected chi connectivity index (χ1v) is 7.06. The van der Waals surface area contributed by atoms with Gasteiger partial charge in [-0.05, 0) is 6.92 Å². The molecule has 3 aromatic rings. The van der Waals surface area contributed by atoms with Crippen molar-refractivity contribution in [2.45, 2.75) is 19.4 Å². The molecule has 0 aromatic carbocycles. The van der Waals surface area contributed by atoms with Gasteiger partial charge in [0.2, 0.25) is 0 Å². The number of imidazole rings is 1. The summed E-state index contributed by atoms with van der Waals surface area (Å²) < 4.78 is 2.03. The van der Waals surface area contributed by atoms with Crippen molar-refractivity contribution >= 4 is 27.6 Å². The van der Waals surface area contributed by atoms with Gasteiger partial charge in [-0.2, -0.15) is 0 Å². The first-order valence-electron chi connectivity index (χ1n) is 5.30. The standard InChI is InChI=1S/C11H12N4S2/c1-7-10(17-6-13-7)9(12)4-8-5-15-2-3-16-11(15)14-8/h2-3,5-6,9H,4,12H2,1H3. The molecule has 17 heavy (non-hydrogen) atoms. The van der Waals surface area contributed by atoms with Crippen molar-refractivity contribution in [2.75, 3.05) is 0 Å². The van der Waals surface area contributed by atoms with E-state index < -0.39 is 0 Å². The molecule has 3 rings (SSSR count). The third kappa shape index (κ3) is 1.99. The Morgan fingerprint density at radius 1 is 1.47 bits per heavy atom. The number of nitrogens with two attached hydrogens (primary N) is 1. The first kappa shape index (κ1) is 10.9. The zero-order chi connectivity index (χ0) is 11.8. The number of rotatable bonds is 3. The molecule has 1 atom stereocenters. The number of hydrogen-bond donors (Lipinski definition) is 1. The van der Waals surface area contributed by atoms with E-state index in [1.807, 2.05) is 34.6 Å². The Hall–Kier alpha value is -1.24. The van der Waals surface area contributed by atoms with E-state index in [4.69, 9.17) is 5.73 Å². The number of thiazole rings is 2. The molecule has 3 heterocycles. The molecule has 3 aromatic heterocycles. The van der Waals surface area contributed by atoms with Gasteiger partial charge in [0.05, 0.1) is 16.9 Å². The predicted octanol–water partition coefficient (Wildman–Crippen LogP) is 2.40. The lowest BCUT2D eigenvalue weighted by Gasteiger charge is -2.07. The van der Waals surface area contributed by atoms with Crippen molar-refractivity contribution in [1.29, 1.82) is 0 Å². The summed E-state index contributed by atoms with van der Waals surface area (Å²) in [5.41, 5.74) is 10.1. The molecule has 0 aliphatic heterocycles. The number of hydrogen-bond acceptors (Lipinski definition) is 5. The maximum absolute atomic E-state index is 6.19. The second-order valence-electron chi connectivity index (χ2n) is 3.94. The Morgan fingerprint density at radius 3 is 3.06 bits per heavy atom. The fraction of sp³-hybridized carbons (Fsp3) is 0.273. The van der Waals surface area contributed by atoms with Gasteiger partial charge in [0.25, 0.3) is 0 Å². The minimum Gasteiger partial charge on any atom is -0.323 e. The zero-order valence-electron chi connectivity index (χ0n) is 9.33. The molecule has 0 saturated heterocycles. The Morgan fingerprint density at radius 2 is 2.35 bits per heavy atom. The lowest BCUT2D eigenvalue weighted by atomic mass is 10.1. The Labute approximate surface area is 107 Å². The maximum Gasteiger partial charge on any atom is 0.193 e. The Balaban J connectivity index is 1.83. The van der Waals surface area contributed by atoms with Gasteiger partial charge in [0, 0.05) is 35.1 Å². The number of fused-ring (bicyclic) bond motifs is 1. The van der Waals surface area contributed by atoms with Gasteiger partial charge >= 0.3 is 0 Å². The van der Waals surface area contributed by atoms with Crippen molar-refractivity contribution in [1.82, 2.24) is 14.4 Å². The first-order chi connectivity index (χ1) is 8.24. The highest BCUT2D eigenvalue weighted by Gasteiger charge is 2.14. The monoisotopic (exact) mass is 264 g/mol. The van der Waals surface area contributed by atoms with Crippen LogP contribution in [0.2, 0.25) is 0 Å². The van der Waals surface area contributed by atoms with Crippen LogP contribution in [0.4, 0.5) is 0 Å². The van der Waals surface area contributed by atoms with E-state index in [1.54, 1.807) is 22.7 Å². The van der Waals surface area contributed by atoms with Crippen LogP contribution < -0.4 is 5.73 Å². The molecule has 1 unspecified atom stereocenters. The molecule has 0 amide bonds. The van der Waals surface area contributed by atoms with Gasteiger partial charge in [0.15, 0.2) is 4.96 Å². The third-order valence-corrected chi connectivity index (χ3v) is 4.53. The van der Waals surface area contributed by atoms with Gasteiger partial charge in [-0.3, -0.25) is 4.40 Å². The summed E-state index contributed by atoms with van der Waals surface area (Å²) in [6.45, 7) is 2.00. The summed E-state index contributed by atoms with van der Waals surface area (Å²) in [6, 6.07) is -0.00731. The molecule has 0 spiro atoms. The van der Waals surface area contributed by atoms with Crippen LogP contribution >= 0.6 is 22.7 Å². The Kier molecular flexibility index (Phi) is 2.70. The summed E-state index contributed by atoms with van der Waals surface area (Å²) in [7, 11) is 0. The topological polar surface area (TPSA) is 56.2 Å². The van der Waals surface area contributed by atoms with Crippen molar-refractivity contribution < 1.29 is 0 Å². The second-order valence-corrected chi connectivity index (χ2v) is 5.70. The van der Waals surface area contributed by atoms with E-state index >= 15 is 0 Å². The molecule has 2 N–H and O–H groups in total. The van der Waals surface area contributed by atoms with Crippen LogP contribution in [0, 0.1) is 6.92 Å². The van der Waals surface area contributed by atoms with Crippen LogP contribution in [0.3, 0.4) is 0 Å². The van der Waals surface area contributed by atoms with Crippen LogP contribution in [-0.4, -0.2) is 14.4 Å². The van der Waals surface area contributed by atoms with Gasteiger partial charge < -0.3 is 5.73 Å². The Bertz CT molecular complexity index is 608. The summed E-state index contributed by atoms with van der Waals surface area (Å²) >= 11 is 3.25. The minimum absolute atomic E-state index is 0.00731. The second kappa shape index (κ2) is 4.21. The van der Waals surface area contributed by atoms with Crippen LogP contribution in [0.1, 0.15) is 22.3 Å². The summed E-state index contributed by atoms with van der Waals surface area (Å²) in [5.74, 6) is 0. The molecule has 0 fully saturated rings. The van der Waals surface area contributed by atoms with E-state index in [0.29, 0.717) is 0 Å². The number of aromatic nitrogens is 3. The van der Waals surface area contributed by atoms with E-state index in [9.17, 15) is 0 Å². The largest absolute Gasteiger partial charge is 0.323 e. The summed E-state index contributed by atoms with van der Waals surface area (Å²) in [4.78, 5) is 10.9. The lowest BCUT2D eigenvalue weighted by molar-refractivity contribution is 0.717. The minimum atomic E-state index is -0.00731. The third-order valence-electron chi connectivity index (χ3n) is 2.69. The normalized spacial score (nSPS) is 13.3. The molecule has 0 aliphatic rings. The molecular weight excluding hydrogens is 252 g/mol. The molecule has 0 saturated carbocycles.